The first-order valence-electron chi connectivity index (χ1n) is 7.52. The molecule has 0 aromatic heterocycles. The second kappa shape index (κ2) is 12.5. The number of alkyl halides is 3. The minimum atomic E-state index is -3.67. The highest BCUT2D eigenvalue weighted by Gasteiger charge is 2.27. The van der Waals surface area contributed by atoms with Crippen molar-refractivity contribution in [3.8, 4) is 0 Å². The van der Waals surface area contributed by atoms with Crippen LogP contribution in [0.3, 0.4) is 0 Å². The van der Waals surface area contributed by atoms with Crippen molar-refractivity contribution >= 4 is 17.6 Å². The fourth-order valence-corrected chi connectivity index (χ4v) is 4.18. The average Bonchev–Trinajstić information content (AvgIpc) is 2.65. The number of rotatable bonds is 3. The molecule has 0 aliphatic carbocycles. The van der Waals surface area contributed by atoms with Crippen LogP contribution in [-0.2, 0) is 10.9 Å². The third-order valence-electron chi connectivity index (χ3n) is 2.94. The average molecular weight is 375 g/mol. The minimum Gasteiger partial charge on any atom is -0.362 e. The second-order valence-corrected chi connectivity index (χ2v) is 6.66. The maximum Gasteiger partial charge on any atom is 0.379 e. The Labute approximate surface area is 153 Å². The summed E-state index contributed by atoms with van der Waals surface area (Å²) in [5.74, 6) is 0. The van der Waals surface area contributed by atoms with Crippen LogP contribution in [0.1, 0.15) is 0 Å². The fraction of sp³-hybridized carbons (Fsp3) is 0.0500. The van der Waals surface area contributed by atoms with Crippen LogP contribution in [0, 0.1) is 0 Å². The van der Waals surface area contributed by atoms with E-state index in [1.165, 1.54) is 14.7 Å². The van der Waals surface area contributed by atoms with Gasteiger partial charge in [-0.15, -0.1) is 0 Å². The second-order valence-electron chi connectivity index (χ2n) is 4.63. The summed E-state index contributed by atoms with van der Waals surface area (Å²) in [7, 11) is -0.0146. The molecule has 0 unspecified atom stereocenters. The largest absolute Gasteiger partial charge is 0.379 e. The molecule has 3 rings (SSSR count). The first-order valence-corrected chi connectivity index (χ1v) is 8.74. The molecule has 0 fully saturated rings. The SMILES string of the molecule is C=[N+]=[N-].FC(F)F.c1ccc([S+](c2ccccc2)c2ccccc2)cc1. The van der Waals surface area contributed by atoms with Crippen molar-refractivity contribution in [1.82, 2.24) is 0 Å². The van der Waals surface area contributed by atoms with E-state index in [1.54, 1.807) is 0 Å². The number of hydrogen-bond acceptors (Lipinski definition) is 0. The Bertz CT molecular complexity index is 666. The van der Waals surface area contributed by atoms with Gasteiger partial charge in [0.15, 0.2) is 14.7 Å². The van der Waals surface area contributed by atoms with E-state index in [0.717, 1.165) is 0 Å². The molecule has 6 heteroatoms. The molecule has 3 aromatic rings. The Hall–Kier alpha value is -2.82. The summed E-state index contributed by atoms with van der Waals surface area (Å²) in [6, 6.07) is 32.2. The molecule has 134 valence electrons. The molecule has 0 atom stereocenters. The zero-order valence-electron chi connectivity index (χ0n) is 13.9. The van der Waals surface area contributed by atoms with Crippen molar-refractivity contribution in [2.45, 2.75) is 21.4 Å². The monoisotopic (exact) mass is 375 g/mol. The van der Waals surface area contributed by atoms with Gasteiger partial charge < -0.3 is 5.53 Å². The molecule has 0 heterocycles. The van der Waals surface area contributed by atoms with E-state index in [-0.39, 0.29) is 10.9 Å². The third-order valence-corrected chi connectivity index (χ3v) is 5.17. The van der Waals surface area contributed by atoms with E-state index in [4.69, 9.17) is 5.53 Å². The Morgan fingerprint density at radius 1 is 0.654 bits per heavy atom. The predicted molar refractivity (Wildman–Crippen MR) is 99.3 cm³/mol. The van der Waals surface area contributed by atoms with E-state index in [0.29, 0.717) is 0 Å². The predicted octanol–water partition coefficient (Wildman–Crippen LogP) is 5.88. The zero-order chi connectivity index (χ0) is 19.2. The van der Waals surface area contributed by atoms with Gasteiger partial charge in [0, 0.05) is 0 Å². The third kappa shape index (κ3) is 7.83. The van der Waals surface area contributed by atoms with Crippen molar-refractivity contribution in [2.75, 3.05) is 0 Å². The molecule has 26 heavy (non-hydrogen) atoms. The van der Waals surface area contributed by atoms with Crippen molar-refractivity contribution in [3.05, 3.63) is 96.5 Å². The van der Waals surface area contributed by atoms with Crippen molar-refractivity contribution in [3.63, 3.8) is 0 Å². The van der Waals surface area contributed by atoms with E-state index in [9.17, 15) is 13.2 Å². The lowest BCUT2D eigenvalue weighted by Crippen LogP contribution is -2.04. The molecule has 0 aliphatic rings. The number of nitrogens with zero attached hydrogens (tertiary/aromatic N) is 2. The molecule has 0 amide bonds. The van der Waals surface area contributed by atoms with Gasteiger partial charge in [0.25, 0.3) is 0 Å². The van der Waals surface area contributed by atoms with Gasteiger partial charge in [0.2, 0.25) is 6.72 Å². The summed E-state index contributed by atoms with van der Waals surface area (Å²) in [5.41, 5.74) is 7.08. The van der Waals surface area contributed by atoms with Crippen LogP contribution in [0.5, 0.6) is 0 Å². The van der Waals surface area contributed by atoms with Crippen molar-refractivity contribution in [1.29, 1.82) is 0 Å². The van der Waals surface area contributed by atoms with Crippen LogP contribution in [0.4, 0.5) is 13.2 Å². The van der Waals surface area contributed by atoms with Gasteiger partial charge in [-0.3, -0.25) is 0 Å². The first-order chi connectivity index (χ1) is 12.6. The molecule has 3 aromatic carbocycles. The quantitative estimate of drug-likeness (QED) is 0.237. The Balaban J connectivity index is 0.000000419. The van der Waals surface area contributed by atoms with E-state index >= 15 is 0 Å². The van der Waals surface area contributed by atoms with Crippen LogP contribution in [0.25, 0.3) is 5.53 Å². The van der Waals surface area contributed by atoms with Gasteiger partial charge >= 0.3 is 6.68 Å². The molecular formula is C20H18F3N2S+. The molecule has 0 bridgehead atoms. The number of benzene rings is 3. The summed E-state index contributed by atoms with van der Waals surface area (Å²) >= 11 is 0. The topological polar surface area (TPSA) is 36.4 Å². The number of hydrogen-bond donors (Lipinski definition) is 0. The molecule has 0 spiro atoms. The van der Waals surface area contributed by atoms with Gasteiger partial charge in [-0.1, -0.05) is 54.6 Å². The summed E-state index contributed by atoms with van der Waals surface area (Å²) in [5, 5.41) is 0. The first kappa shape index (κ1) is 21.2. The maximum atomic E-state index is 9.67. The van der Waals surface area contributed by atoms with Gasteiger partial charge in [0.05, 0.1) is 10.9 Å². The highest BCUT2D eigenvalue weighted by molar-refractivity contribution is 7.97. The maximum absolute atomic E-state index is 9.67. The molecule has 0 saturated carbocycles. The number of halogens is 3. The van der Waals surface area contributed by atoms with Crippen LogP contribution in [0.2, 0.25) is 0 Å². The lowest BCUT2D eigenvalue weighted by atomic mass is 10.4. The molecule has 0 N–H and O–H groups in total. The summed E-state index contributed by atoms with van der Waals surface area (Å²) in [4.78, 5) is 6.33. The Morgan fingerprint density at radius 3 is 1.04 bits per heavy atom. The Morgan fingerprint density at radius 2 is 0.846 bits per heavy atom. The standard InChI is InChI=1S/C18H15S.CHF3.CH2N2/c1-4-10-16(11-5-1)19(17-12-6-2-7-13-17)18-14-8-3-9-15-18;2-1(3)4;1-3-2/h1-15H;1H;1H2/q+1;;. The molecule has 0 radical (unpaired) electrons. The summed E-state index contributed by atoms with van der Waals surface area (Å²) in [6.07, 6.45) is 0. The van der Waals surface area contributed by atoms with Gasteiger partial charge in [-0.25, -0.2) is 0 Å². The fourth-order valence-electron chi connectivity index (χ4n) is 2.08. The Kier molecular flexibility index (Phi) is 10.2. The molecule has 0 saturated heterocycles. The van der Waals surface area contributed by atoms with E-state index in [2.05, 4.69) is 103 Å². The van der Waals surface area contributed by atoms with E-state index < -0.39 is 6.68 Å². The van der Waals surface area contributed by atoms with Gasteiger partial charge in [0.1, 0.15) is 0 Å². The summed E-state index contributed by atoms with van der Waals surface area (Å²) in [6.45, 7) is -1.00. The van der Waals surface area contributed by atoms with Gasteiger partial charge in [-0.2, -0.15) is 18.0 Å². The van der Waals surface area contributed by atoms with Crippen LogP contribution in [0.15, 0.2) is 106 Å². The van der Waals surface area contributed by atoms with Crippen LogP contribution in [-0.4, -0.2) is 18.2 Å². The minimum absolute atomic E-state index is 0.0146. The molecular weight excluding hydrogens is 357 g/mol. The molecule has 0 aliphatic heterocycles. The smallest absolute Gasteiger partial charge is 0.362 e. The van der Waals surface area contributed by atoms with Crippen molar-refractivity contribution in [2.24, 2.45) is 0 Å². The van der Waals surface area contributed by atoms with Crippen LogP contribution >= 0.6 is 0 Å². The van der Waals surface area contributed by atoms with Gasteiger partial charge in [-0.05, 0) is 36.4 Å². The normalized spacial score (nSPS) is 9.42. The molecule has 2 nitrogen and oxygen atoms in total. The highest BCUT2D eigenvalue weighted by Crippen LogP contribution is 2.30. The van der Waals surface area contributed by atoms with E-state index in [1.807, 2.05) is 0 Å². The highest BCUT2D eigenvalue weighted by atomic mass is 32.2. The zero-order valence-corrected chi connectivity index (χ0v) is 14.7. The summed E-state index contributed by atoms with van der Waals surface area (Å²) < 4.78 is 29.0. The lowest BCUT2D eigenvalue weighted by Gasteiger charge is -2.07. The van der Waals surface area contributed by atoms with Crippen LogP contribution < -0.4 is 0 Å². The lowest BCUT2D eigenvalue weighted by molar-refractivity contribution is 0.00808. The van der Waals surface area contributed by atoms with Crippen molar-refractivity contribution < 1.29 is 18.0 Å².